The summed E-state index contributed by atoms with van der Waals surface area (Å²) < 4.78 is 1.81. The molecule has 0 spiro atoms. The molecule has 112 valence electrons. The van der Waals surface area contributed by atoms with E-state index in [0.717, 1.165) is 32.7 Å². The average molecular weight is 306 g/mol. The summed E-state index contributed by atoms with van der Waals surface area (Å²) in [6.45, 7) is 5.69. The van der Waals surface area contributed by atoms with E-state index in [1.165, 1.54) is 17.4 Å². The zero-order chi connectivity index (χ0) is 15.7. The van der Waals surface area contributed by atoms with Gasteiger partial charge >= 0.3 is 5.97 Å². The highest BCUT2D eigenvalue weighted by molar-refractivity contribution is 7.17. The molecule has 0 atom stereocenters. The monoisotopic (exact) mass is 306 g/mol. The van der Waals surface area contributed by atoms with Crippen LogP contribution in [0.3, 0.4) is 0 Å². The number of anilines is 1. The fraction of sp³-hybridized carbons (Fsp3) is 0.357. The number of allylic oxidation sites excluding steroid dienone is 1. The molecule has 2 rings (SSSR count). The summed E-state index contributed by atoms with van der Waals surface area (Å²) in [6.07, 6.45) is 1.21. The second-order valence-corrected chi connectivity index (χ2v) is 5.78. The smallest absolute Gasteiger partial charge is 0.328 e. The Morgan fingerprint density at radius 1 is 1.43 bits per heavy atom. The van der Waals surface area contributed by atoms with Gasteiger partial charge in [-0.05, 0) is 26.3 Å². The number of carboxylic acids is 1. The molecule has 7 heteroatoms. The summed E-state index contributed by atoms with van der Waals surface area (Å²) in [7, 11) is 3.68. The van der Waals surface area contributed by atoms with Gasteiger partial charge in [-0.25, -0.2) is 9.78 Å². The van der Waals surface area contributed by atoms with E-state index in [1.807, 2.05) is 25.6 Å². The molecule has 0 saturated heterocycles. The minimum atomic E-state index is -0.961. The topological polar surface area (TPSA) is 80.0 Å². The number of aryl methyl sites for hydroxylation is 2. The highest BCUT2D eigenvalue weighted by Gasteiger charge is 2.21. The Bertz CT molecular complexity index is 728. The minimum absolute atomic E-state index is 0.680. The van der Waals surface area contributed by atoms with Gasteiger partial charge < -0.3 is 10.4 Å². The largest absolute Gasteiger partial charge is 0.478 e. The van der Waals surface area contributed by atoms with E-state index < -0.39 is 5.97 Å². The van der Waals surface area contributed by atoms with Crippen molar-refractivity contribution >= 4 is 28.0 Å². The number of hydrogen-bond donors (Lipinski definition) is 2. The number of carbonyl (C=O) groups is 1. The predicted octanol–water partition coefficient (Wildman–Crippen LogP) is 2.69. The van der Waals surface area contributed by atoms with Gasteiger partial charge in [0.15, 0.2) is 5.13 Å². The lowest BCUT2D eigenvalue weighted by Crippen LogP contribution is -1.94. The minimum Gasteiger partial charge on any atom is -0.478 e. The lowest BCUT2D eigenvalue weighted by molar-refractivity contribution is -0.131. The molecule has 6 nitrogen and oxygen atoms in total. The molecule has 0 unspecified atom stereocenters. The Hall–Kier alpha value is -2.15. The number of aliphatic carboxylic acids is 1. The summed E-state index contributed by atoms with van der Waals surface area (Å²) >= 11 is 1.44. The van der Waals surface area contributed by atoms with Crippen molar-refractivity contribution in [3.63, 3.8) is 0 Å². The third-order valence-electron chi connectivity index (χ3n) is 3.28. The molecular formula is C14H18N4O2S. The number of rotatable bonds is 4. The number of aromatic nitrogens is 3. The first-order chi connectivity index (χ1) is 9.85. The van der Waals surface area contributed by atoms with Crippen molar-refractivity contribution in [3.05, 3.63) is 22.3 Å². The van der Waals surface area contributed by atoms with Gasteiger partial charge in [-0.2, -0.15) is 5.10 Å². The van der Waals surface area contributed by atoms with Gasteiger partial charge in [-0.3, -0.25) is 4.68 Å². The van der Waals surface area contributed by atoms with Crippen LogP contribution in [0, 0.1) is 13.8 Å². The highest BCUT2D eigenvalue weighted by atomic mass is 32.1. The first kappa shape index (κ1) is 15.2. The quantitative estimate of drug-likeness (QED) is 0.849. The SMILES string of the molecule is CNc1nc(-c2c(C)nn(C)c2C)c(/C(C)=C/C(=O)O)s1. The Kier molecular flexibility index (Phi) is 4.13. The van der Waals surface area contributed by atoms with Crippen molar-refractivity contribution in [2.75, 3.05) is 12.4 Å². The number of hydrogen-bond acceptors (Lipinski definition) is 5. The number of carboxylic acid groups (broad SMARTS) is 1. The molecule has 0 aliphatic carbocycles. The van der Waals surface area contributed by atoms with Crippen molar-refractivity contribution in [3.8, 4) is 11.3 Å². The molecule has 2 aromatic heterocycles. The Balaban J connectivity index is 2.68. The standard InChI is InChI=1S/C14H18N4O2S/c1-7(6-10(19)20)13-12(16-14(15-4)21-13)11-8(2)17-18(5)9(11)3/h6H,1-5H3,(H,15,16)(H,19,20)/b7-6+. The molecule has 0 bridgehead atoms. The summed E-state index contributed by atoms with van der Waals surface area (Å²) in [6, 6.07) is 0. The second-order valence-electron chi connectivity index (χ2n) is 4.78. The van der Waals surface area contributed by atoms with Gasteiger partial charge in [0, 0.05) is 31.4 Å². The first-order valence-electron chi connectivity index (χ1n) is 6.45. The zero-order valence-corrected chi connectivity index (χ0v) is 13.5. The fourth-order valence-electron chi connectivity index (χ4n) is 2.23. The molecule has 2 heterocycles. The van der Waals surface area contributed by atoms with Crippen molar-refractivity contribution in [2.45, 2.75) is 20.8 Å². The van der Waals surface area contributed by atoms with Gasteiger partial charge in [-0.15, -0.1) is 0 Å². The van der Waals surface area contributed by atoms with Gasteiger partial charge in [-0.1, -0.05) is 11.3 Å². The summed E-state index contributed by atoms with van der Waals surface area (Å²) in [5, 5.41) is 17.1. The van der Waals surface area contributed by atoms with E-state index in [4.69, 9.17) is 5.11 Å². The van der Waals surface area contributed by atoms with E-state index in [0.29, 0.717) is 5.57 Å². The molecule has 0 aliphatic heterocycles. The zero-order valence-electron chi connectivity index (χ0n) is 12.7. The highest BCUT2D eigenvalue weighted by Crippen LogP contribution is 2.38. The lowest BCUT2D eigenvalue weighted by Gasteiger charge is -2.03. The molecular weight excluding hydrogens is 288 g/mol. The van der Waals surface area contributed by atoms with Crippen LogP contribution in [0.4, 0.5) is 5.13 Å². The predicted molar refractivity (Wildman–Crippen MR) is 84.6 cm³/mol. The van der Waals surface area contributed by atoms with Crippen LogP contribution in [-0.2, 0) is 11.8 Å². The number of nitrogens with zero attached hydrogens (tertiary/aromatic N) is 3. The average Bonchev–Trinajstić information content (AvgIpc) is 2.91. The summed E-state index contributed by atoms with van der Waals surface area (Å²) in [4.78, 5) is 16.4. The molecule has 0 fully saturated rings. The van der Waals surface area contributed by atoms with Crippen LogP contribution in [0.2, 0.25) is 0 Å². The van der Waals surface area contributed by atoms with Gasteiger partial charge in [0.2, 0.25) is 0 Å². The maximum absolute atomic E-state index is 10.9. The second kappa shape index (κ2) is 5.69. The Labute approximate surface area is 127 Å². The normalized spacial score (nSPS) is 11.8. The summed E-state index contributed by atoms with van der Waals surface area (Å²) in [5.41, 5.74) is 4.31. The number of thiazole rings is 1. The van der Waals surface area contributed by atoms with Crippen LogP contribution >= 0.6 is 11.3 Å². The molecule has 2 aromatic rings. The first-order valence-corrected chi connectivity index (χ1v) is 7.27. The van der Waals surface area contributed by atoms with Crippen LogP contribution in [0.5, 0.6) is 0 Å². The maximum atomic E-state index is 10.9. The van der Waals surface area contributed by atoms with Crippen LogP contribution in [0.25, 0.3) is 16.8 Å². The van der Waals surface area contributed by atoms with E-state index >= 15 is 0 Å². The van der Waals surface area contributed by atoms with Crippen LogP contribution in [-0.4, -0.2) is 32.9 Å². The maximum Gasteiger partial charge on any atom is 0.328 e. The van der Waals surface area contributed by atoms with E-state index in [1.54, 1.807) is 14.0 Å². The van der Waals surface area contributed by atoms with Crippen molar-refractivity contribution < 1.29 is 9.90 Å². The Morgan fingerprint density at radius 3 is 2.57 bits per heavy atom. The van der Waals surface area contributed by atoms with Gasteiger partial charge in [0.05, 0.1) is 16.3 Å². The van der Waals surface area contributed by atoms with Crippen molar-refractivity contribution in [1.82, 2.24) is 14.8 Å². The lowest BCUT2D eigenvalue weighted by atomic mass is 10.1. The third kappa shape index (κ3) is 2.82. The molecule has 2 N–H and O–H groups in total. The Morgan fingerprint density at radius 2 is 2.10 bits per heavy atom. The number of nitrogens with one attached hydrogen (secondary N) is 1. The molecule has 0 saturated carbocycles. The molecule has 0 amide bonds. The van der Waals surface area contributed by atoms with Crippen molar-refractivity contribution in [1.29, 1.82) is 0 Å². The van der Waals surface area contributed by atoms with Gasteiger partial charge in [0.25, 0.3) is 0 Å². The van der Waals surface area contributed by atoms with Crippen LogP contribution in [0.15, 0.2) is 6.08 Å². The van der Waals surface area contributed by atoms with Crippen LogP contribution < -0.4 is 5.32 Å². The van der Waals surface area contributed by atoms with E-state index in [2.05, 4.69) is 15.4 Å². The van der Waals surface area contributed by atoms with E-state index in [-0.39, 0.29) is 0 Å². The molecule has 0 aliphatic rings. The fourth-order valence-corrected chi connectivity index (χ4v) is 3.13. The molecule has 0 radical (unpaired) electrons. The molecule has 21 heavy (non-hydrogen) atoms. The summed E-state index contributed by atoms with van der Waals surface area (Å²) in [5.74, 6) is -0.961. The van der Waals surface area contributed by atoms with E-state index in [9.17, 15) is 4.79 Å². The third-order valence-corrected chi connectivity index (χ3v) is 4.49. The molecule has 0 aromatic carbocycles. The van der Waals surface area contributed by atoms with Crippen LogP contribution in [0.1, 0.15) is 23.2 Å². The van der Waals surface area contributed by atoms with Gasteiger partial charge in [0.1, 0.15) is 0 Å². The van der Waals surface area contributed by atoms with Crippen molar-refractivity contribution in [2.24, 2.45) is 7.05 Å².